The number of phenolic OH excluding ortho intramolecular Hbond substituents is 1. The minimum atomic E-state index is 0.358. The van der Waals surface area contributed by atoms with Crippen molar-refractivity contribution in [3.63, 3.8) is 0 Å². The molecule has 0 bridgehead atoms. The SMILES string of the molecule is Cc1cc(O)cc(Cc2cccs2)c1. The van der Waals surface area contributed by atoms with Gasteiger partial charge in [-0.1, -0.05) is 12.1 Å². The smallest absolute Gasteiger partial charge is 0.116 e. The van der Waals surface area contributed by atoms with Crippen LogP contribution in [0.25, 0.3) is 0 Å². The van der Waals surface area contributed by atoms with Gasteiger partial charge in [-0.15, -0.1) is 11.3 Å². The fourth-order valence-corrected chi connectivity index (χ4v) is 2.30. The number of hydrogen-bond acceptors (Lipinski definition) is 2. The van der Waals surface area contributed by atoms with Crippen molar-refractivity contribution in [1.29, 1.82) is 0 Å². The van der Waals surface area contributed by atoms with E-state index in [-0.39, 0.29) is 0 Å². The molecule has 0 aliphatic rings. The normalized spacial score (nSPS) is 10.4. The van der Waals surface area contributed by atoms with Crippen LogP contribution in [0.2, 0.25) is 0 Å². The summed E-state index contributed by atoms with van der Waals surface area (Å²) in [4.78, 5) is 1.33. The van der Waals surface area contributed by atoms with Gasteiger partial charge in [-0.05, 0) is 41.6 Å². The Morgan fingerprint density at radius 1 is 1.29 bits per heavy atom. The lowest BCUT2D eigenvalue weighted by Gasteiger charge is -2.02. The molecule has 1 aromatic carbocycles. The highest BCUT2D eigenvalue weighted by Gasteiger charge is 1.99. The Labute approximate surface area is 87.7 Å². The first-order valence-corrected chi connectivity index (χ1v) is 5.44. The van der Waals surface area contributed by atoms with Crippen LogP contribution in [0.1, 0.15) is 16.0 Å². The minimum absolute atomic E-state index is 0.358. The van der Waals surface area contributed by atoms with Crippen LogP contribution in [-0.4, -0.2) is 5.11 Å². The summed E-state index contributed by atoms with van der Waals surface area (Å²) in [7, 11) is 0. The second-order valence-corrected chi connectivity index (χ2v) is 4.47. The molecule has 0 unspecified atom stereocenters. The van der Waals surface area contributed by atoms with Gasteiger partial charge < -0.3 is 5.11 Å². The Bertz CT molecular complexity index is 398. The van der Waals surface area contributed by atoms with Gasteiger partial charge >= 0.3 is 0 Å². The predicted molar refractivity (Wildman–Crippen MR) is 60.0 cm³/mol. The molecule has 0 fully saturated rings. The van der Waals surface area contributed by atoms with Gasteiger partial charge in [0.25, 0.3) is 0 Å². The summed E-state index contributed by atoms with van der Waals surface area (Å²) in [5.74, 6) is 0.358. The van der Waals surface area contributed by atoms with E-state index in [4.69, 9.17) is 0 Å². The molecule has 1 N–H and O–H groups in total. The van der Waals surface area contributed by atoms with E-state index in [1.807, 2.05) is 13.0 Å². The third kappa shape index (κ3) is 2.15. The third-order valence-electron chi connectivity index (χ3n) is 2.08. The Balaban J connectivity index is 2.25. The molecule has 2 aromatic rings. The molecule has 1 aromatic heterocycles. The largest absolute Gasteiger partial charge is 0.508 e. The molecule has 0 spiro atoms. The number of phenols is 1. The van der Waals surface area contributed by atoms with E-state index < -0.39 is 0 Å². The number of thiophene rings is 1. The number of rotatable bonds is 2. The van der Waals surface area contributed by atoms with Crippen LogP contribution in [0.4, 0.5) is 0 Å². The Hall–Kier alpha value is -1.28. The zero-order chi connectivity index (χ0) is 9.97. The van der Waals surface area contributed by atoms with E-state index in [0.717, 1.165) is 12.0 Å². The van der Waals surface area contributed by atoms with Crippen molar-refractivity contribution in [1.82, 2.24) is 0 Å². The van der Waals surface area contributed by atoms with Crippen LogP contribution >= 0.6 is 11.3 Å². The molecule has 0 saturated heterocycles. The maximum atomic E-state index is 9.43. The molecular formula is C12H12OS. The lowest BCUT2D eigenvalue weighted by atomic mass is 10.1. The first-order chi connectivity index (χ1) is 6.74. The molecule has 2 rings (SSSR count). The maximum Gasteiger partial charge on any atom is 0.116 e. The van der Waals surface area contributed by atoms with Crippen LogP contribution in [0.5, 0.6) is 5.75 Å². The molecule has 1 nitrogen and oxygen atoms in total. The molecule has 0 atom stereocenters. The topological polar surface area (TPSA) is 20.2 Å². The van der Waals surface area contributed by atoms with Crippen LogP contribution in [-0.2, 0) is 6.42 Å². The fraction of sp³-hybridized carbons (Fsp3) is 0.167. The van der Waals surface area contributed by atoms with Gasteiger partial charge in [-0.2, -0.15) is 0 Å². The lowest BCUT2D eigenvalue weighted by molar-refractivity contribution is 0.474. The van der Waals surface area contributed by atoms with Crippen LogP contribution in [0, 0.1) is 6.92 Å². The second kappa shape index (κ2) is 3.84. The van der Waals surface area contributed by atoms with Crippen molar-refractivity contribution in [3.05, 3.63) is 51.7 Å². The van der Waals surface area contributed by atoms with Gasteiger partial charge in [-0.25, -0.2) is 0 Å². The summed E-state index contributed by atoms with van der Waals surface area (Å²) in [6.07, 6.45) is 0.910. The van der Waals surface area contributed by atoms with E-state index in [1.165, 1.54) is 10.4 Å². The van der Waals surface area contributed by atoms with Crippen molar-refractivity contribution < 1.29 is 5.11 Å². The van der Waals surface area contributed by atoms with Crippen molar-refractivity contribution in [2.45, 2.75) is 13.3 Å². The van der Waals surface area contributed by atoms with Gasteiger partial charge in [0.05, 0.1) is 0 Å². The Morgan fingerprint density at radius 2 is 2.14 bits per heavy atom. The highest BCUT2D eigenvalue weighted by Crippen LogP contribution is 2.20. The molecule has 0 radical (unpaired) electrons. The molecule has 72 valence electrons. The first kappa shape index (κ1) is 9.28. The average Bonchev–Trinajstić information content (AvgIpc) is 2.54. The highest BCUT2D eigenvalue weighted by atomic mass is 32.1. The predicted octanol–water partition coefficient (Wildman–Crippen LogP) is 3.35. The van der Waals surface area contributed by atoms with Crippen molar-refractivity contribution in [2.24, 2.45) is 0 Å². The number of hydrogen-bond donors (Lipinski definition) is 1. The van der Waals surface area contributed by atoms with Gasteiger partial charge in [-0.3, -0.25) is 0 Å². The molecule has 0 aliphatic heterocycles. The molecule has 1 heterocycles. The van der Waals surface area contributed by atoms with Gasteiger partial charge in [0.2, 0.25) is 0 Å². The van der Waals surface area contributed by atoms with Gasteiger partial charge in [0, 0.05) is 11.3 Å². The first-order valence-electron chi connectivity index (χ1n) is 4.56. The third-order valence-corrected chi connectivity index (χ3v) is 2.96. The van der Waals surface area contributed by atoms with E-state index in [2.05, 4.69) is 23.6 Å². The van der Waals surface area contributed by atoms with Crippen LogP contribution in [0.3, 0.4) is 0 Å². The zero-order valence-electron chi connectivity index (χ0n) is 8.03. The van der Waals surface area contributed by atoms with Crippen molar-refractivity contribution in [3.8, 4) is 5.75 Å². The van der Waals surface area contributed by atoms with Crippen LogP contribution < -0.4 is 0 Å². The second-order valence-electron chi connectivity index (χ2n) is 3.43. The van der Waals surface area contributed by atoms with Gasteiger partial charge in [0.1, 0.15) is 5.75 Å². The molecule has 2 heteroatoms. The highest BCUT2D eigenvalue weighted by molar-refractivity contribution is 7.09. The molecular weight excluding hydrogens is 192 g/mol. The van der Waals surface area contributed by atoms with E-state index in [1.54, 1.807) is 17.4 Å². The standard InChI is InChI=1S/C12H12OS/c1-9-5-10(7-11(13)6-9)8-12-3-2-4-14-12/h2-7,13H,8H2,1H3. The maximum absolute atomic E-state index is 9.43. The molecule has 14 heavy (non-hydrogen) atoms. The summed E-state index contributed by atoms with van der Waals surface area (Å²) in [6, 6.07) is 9.88. The Kier molecular flexibility index (Phi) is 2.55. The van der Waals surface area contributed by atoms with Crippen LogP contribution in [0.15, 0.2) is 35.7 Å². The monoisotopic (exact) mass is 204 g/mol. The molecule has 0 saturated carbocycles. The van der Waals surface area contributed by atoms with E-state index in [9.17, 15) is 5.11 Å². The zero-order valence-corrected chi connectivity index (χ0v) is 8.84. The molecule has 0 amide bonds. The summed E-state index contributed by atoms with van der Waals surface area (Å²) in [6.45, 7) is 2.00. The fourth-order valence-electron chi connectivity index (χ4n) is 1.56. The quantitative estimate of drug-likeness (QED) is 0.795. The summed E-state index contributed by atoms with van der Waals surface area (Å²) in [5.41, 5.74) is 2.28. The van der Waals surface area contributed by atoms with Crippen molar-refractivity contribution in [2.75, 3.05) is 0 Å². The van der Waals surface area contributed by atoms with Gasteiger partial charge in [0.15, 0.2) is 0 Å². The number of benzene rings is 1. The Morgan fingerprint density at radius 3 is 2.79 bits per heavy atom. The van der Waals surface area contributed by atoms with Crippen molar-refractivity contribution >= 4 is 11.3 Å². The summed E-state index contributed by atoms with van der Waals surface area (Å²) in [5, 5.41) is 11.5. The van der Waals surface area contributed by atoms with E-state index in [0.29, 0.717) is 5.75 Å². The molecule has 0 aliphatic carbocycles. The summed E-state index contributed by atoms with van der Waals surface area (Å²) < 4.78 is 0. The van der Waals surface area contributed by atoms with E-state index >= 15 is 0 Å². The summed E-state index contributed by atoms with van der Waals surface area (Å²) >= 11 is 1.75. The average molecular weight is 204 g/mol. The lowest BCUT2D eigenvalue weighted by Crippen LogP contribution is -1.85. The number of aromatic hydroxyl groups is 1. The minimum Gasteiger partial charge on any atom is -0.508 e. The number of aryl methyl sites for hydroxylation is 1.